The summed E-state index contributed by atoms with van der Waals surface area (Å²) in [6.45, 7) is 3.71. The molecule has 0 aliphatic carbocycles. The molecule has 1 N–H and O–H groups in total. The summed E-state index contributed by atoms with van der Waals surface area (Å²) in [6, 6.07) is 9.34. The average Bonchev–Trinajstić information content (AvgIpc) is 3.02. The second-order valence-electron chi connectivity index (χ2n) is 6.48. The maximum absolute atomic E-state index is 13.2. The van der Waals surface area contributed by atoms with Crippen LogP contribution in [0.5, 0.6) is 5.75 Å². The third-order valence-electron chi connectivity index (χ3n) is 4.50. The van der Waals surface area contributed by atoms with Crippen LogP contribution < -0.4 is 4.74 Å². The lowest BCUT2D eigenvalue weighted by atomic mass is 10.1. The zero-order chi connectivity index (χ0) is 19.8. The van der Waals surface area contributed by atoms with Crippen LogP contribution in [-0.2, 0) is 21.9 Å². The van der Waals surface area contributed by atoms with Gasteiger partial charge in [0.2, 0.25) is 10.0 Å². The molecule has 0 aliphatic heterocycles. The number of aromatic nitrogens is 2. The fourth-order valence-electron chi connectivity index (χ4n) is 3.21. The molecule has 0 atom stereocenters. The second-order valence-corrected chi connectivity index (χ2v) is 9.02. The molecule has 0 bridgehead atoms. The van der Waals surface area contributed by atoms with Crippen molar-refractivity contribution in [2.24, 2.45) is 0 Å². The first-order chi connectivity index (χ1) is 12.8. The number of benzene rings is 2. The van der Waals surface area contributed by atoms with Crippen LogP contribution in [-0.4, -0.2) is 36.8 Å². The van der Waals surface area contributed by atoms with E-state index in [1.54, 1.807) is 40.1 Å². The van der Waals surface area contributed by atoms with Crippen molar-refractivity contribution in [2.45, 2.75) is 30.6 Å². The molecule has 144 valence electrons. The Morgan fingerprint density at radius 1 is 1.22 bits per heavy atom. The lowest BCUT2D eigenvalue weighted by molar-refractivity contribution is 0.413. The molecule has 0 spiro atoms. The smallest absolute Gasteiger partial charge is 0.243 e. The first-order valence-corrected chi connectivity index (χ1v) is 11.0. The van der Waals surface area contributed by atoms with Gasteiger partial charge in [-0.1, -0.05) is 28.1 Å². The standard InChI is InChI=1S/C19H22BrN3O3S/c1-12-8-15(26-4)9-13(2)19(12)27(24,25)23(3)11-17-21-16-7-5-6-14(10-20)18(16)22-17/h5-9H,10-11H2,1-4H3,(H,21,22). The molecule has 0 saturated heterocycles. The van der Waals surface area contributed by atoms with E-state index in [0.717, 1.165) is 16.6 Å². The van der Waals surface area contributed by atoms with Crippen LogP contribution in [0.2, 0.25) is 0 Å². The summed E-state index contributed by atoms with van der Waals surface area (Å²) in [5, 5.41) is 0.688. The Morgan fingerprint density at radius 2 is 1.89 bits per heavy atom. The number of sulfonamides is 1. The molecule has 3 aromatic rings. The second kappa shape index (κ2) is 7.61. The number of ether oxygens (including phenoxy) is 1. The lowest BCUT2D eigenvalue weighted by Crippen LogP contribution is -2.28. The summed E-state index contributed by atoms with van der Waals surface area (Å²) in [5.74, 6) is 1.25. The zero-order valence-electron chi connectivity index (χ0n) is 15.7. The van der Waals surface area contributed by atoms with Gasteiger partial charge in [-0.2, -0.15) is 4.31 Å². The summed E-state index contributed by atoms with van der Waals surface area (Å²) in [7, 11) is -0.535. The Kier molecular flexibility index (Phi) is 5.60. The number of alkyl halides is 1. The van der Waals surface area contributed by atoms with Gasteiger partial charge in [-0.3, -0.25) is 0 Å². The van der Waals surface area contributed by atoms with Gasteiger partial charge in [0.05, 0.1) is 29.6 Å². The molecule has 0 fully saturated rings. The van der Waals surface area contributed by atoms with E-state index in [-0.39, 0.29) is 6.54 Å². The van der Waals surface area contributed by atoms with Crippen molar-refractivity contribution in [2.75, 3.05) is 14.2 Å². The van der Waals surface area contributed by atoms with E-state index in [9.17, 15) is 8.42 Å². The van der Waals surface area contributed by atoms with E-state index in [1.165, 1.54) is 4.31 Å². The molecule has 0 radical (unpaired) electrons. The molecule has 1 aromatic heterocycles. The molecule has 2 aromatic carbocycles. The predicted molar refractivity (Wildman–Crippen MR) is 110 cm³/mol. The van der Waals surface area contributed by atoms with Gasteiger partial charge < -0.3 is 9.72 Å². The number of nitrogens with one attached hydrogen (secondary N) is 1. The normalized spacial score (nSPS) is 12.1. The Hall–Kier alpha value is -1.90. The minimum atomic E-state index is -3.67. The average molecular weight is 452 g/mol. The number of nitrogens with zero attached hydrogens (tertiary/aromatic N) is 2. The minimum Gasteiger partial charge on any atom is -0.497 e. The molecule has 1 heterocycles. The minimum absolute atomic E-state index is 0.156. The summed E-state index contributed by atoms with van der Waals surface area (Å²) in [5.41, 5.74) is 4.12. The molecular weight excluding hydrogens is 430 g/mol. The number of hydrogen-bond donors (Lipinski definition) is 1. The Balaban J connectivity index is 1.95. The van der Waals surface area contributed by atoms with Gasteiger partial charge in [0.25, 0.3) is 0 Å². The highest BCUT2D eigenvalue weighted by atomic mass is 79.9. The number of methoxy groups -OCH3 is 1. The SMILES string of the molecule is COc1cc(C)c(S(=O)(=O)N(C)Cc2nc3c(CBr)cccc3[nH]2)c(C)c1. The Bertz CT molecular complexity index is 1070. The molecule has 8 heteroatoms. The lowest BCUT2D eigenvalue weighted by Gasteiger charge is -2.19. The van der Waals surface area contributed by atoms with Crippen LogP contribution in [0.1, 0.15) is 22.5 Å². The number of para-hydroxylation sites is 1. The highest BCUT2D eigenvalue weighted by Gasteiger charge is 2.26. The molecular formula is C19H22BrN3O3S. The monoisotopic (exact) mass is 451 g/mol. The Labute approximate surface area is 167 Å². The fraction of sp³-hybridized carbons (Fsp3) is 0.316. The number of hydrogen-bond acceptors (Lipinski definition) is 4. The molecule has 6 nitrogen and oxygen atoms in total. The van der Waals surface area contributed by atoms with Gasteiger partial charge in [0, 0.05) is 12.4 Å². The van der Waals surface area contributed by atoms with Crippen LogP contribution >= 0.6 is 15.9 Å². The maximum atomic E-state index is 13.2. The third-order valence-corrected chi connectivity index (χ3v) is 7.21. The van der Waals surface area contributed by atoms with E-state index in [4.69, 9.17) is 4.74 Å². The van der Waals surface area contributed by atoms with E-state index in [1.807, 2.05) is 18.2 Å². The van der Waals surface area contributed by atoms with Gasteiger partial charge in [-0.05, 0) is 48.7 Å². The largest absolute Gasteiger partial charge is 0.497 e. The first kappa shape index (κ1) is 19.9. The highest BCUT2D eigenvalue weighted by Crippen LogP contribution is 2.28. The van der Waals surface area contributed by atoms with Crippen LogP contribution in [0, 0.1) is 13.8 Å². The van der Waals surface area contributed by atoms with Crippen molar-refractivity contribution in [1.82, 2.24) is 14.3 Å². The van der Waals surface area contributed by atoms with Crippen LogP contribution in [0.3, 0.4) is 0 Å². The van der Waals surface area contributed by atoms with Crippen LogP contribution in [0.15, 0.2) is 35.2 Å². The van der Waals surface area contributed by atoms with Gasteiger partial charge in [-0.15, -0.1) is 0 Å². The number of fused-ring (bicyclic) bond motifs is 1. The molecule has 0 amide bonds. The number of H-pyrrole nitrogens is 1. The van der Waals surface area contributed by atoms with Crippen molar-refractivity contribution < 1.29 is 13.2 Å². The molecule has 27 heavy (non-hydrogen) atoms. The van der Waals surface area contributed by atoms with Gasteiger partial charge >= 0.3 is 0 Å². The Morgan fingerprint density at radius 3 is 2.48 bits per heavy atom. The quantitative estimate of drug-likeness (QED) is 0.576. The number of halogens is 1. The zero-order valence-corrected chi connectivity index (χ0v) is 18.1. The molecule has 0 unspecified atom stereocenters. The van der Waals surface area contributed by atoms with Crippen LogP contribution in [0.4, 0.5) is 0 Å². The number of imidazole rings is 1. The van der Waals surface area contributed by atoms with Crippen molar-refractivity contribution in [3.8, 4) is 5.75 Å². The van der Waals surface area contributed by atoms with E-state index >= 15 is 0 Å². The molecule has 0 saturated carbocycles. The van der Waals surface area contributed by atoms with E-state index < -0.39 is 10.0 Å². The highest BCUT2D eigenvalue weighted by molar-refractivity contribution is 9.08. The number of aryl methyl sites for hydroxylation is 2. The molecule has 3 rings (SSSR count). The van der Waals surface area contributed by atoms with Crippen molar-refractivity contribution in [3.63, 3.8) is 0 Å². The van der Waals surface area contributed by atoms with E-state index in [2.05, 4.69) is 25.9 Å². The van der Waals surface area contributed by atoms with Crippen molar-refractivity contribution in [1.29, 1.82) is 0 Å². The third kappa shape index (κ3) is 3.74. The topological polar surface area (TPSA) is 75.3 Å². The maximum Gasteiger partial charge on any atom is 0.243 e. The predicted octanol–water partition coefficient (Wildman–Crippen LogP) is 3.90. The van der Waals surface area contributed by atoms with Gasteiger partial charge in [-0.25, -0.2) is 13.4 Å². The van der Waals surface area contributed by atoms with Gasteiger partial charge in [0.15, 0.2) is 0 Å². The first-order valence-electron chi connectivity index (χ1n) is 8.42. The van der Waals surface area contributed by atoms with E-state index in [0.29, 0.717) is 32.9 Å². The fourth-order valence-corrected chi connectivity index (χ4v) is 5.20. The van der Waals surface area contributed by atoms with Gasteiger partial charge in [0.1, 0.15) is 11.6 Å². The summed E-state index contributed by atoms with van der Waals surface area (Å²) in [6.07, 6.45) is 0. The summed E-state index contributed by atoms with van der Waals surface area (Å²) < 4.78 is 32.9. The molecule has 0 aliphatic rings. The summed E-state index contributed by atoms with van der Waals surface area (Å²) in [4.78, 5) is 8.11. The number of rotatable bonds is 6. The number of aromatic amines is 1. The van der Waals surface area contributed by atoms with Crippen molar-refractivity contribution in [3.05, 3.63) is 52.8 Å². The summed E-state index contributed by atoms with van der Waals surface area (Å²) >= 11 is 3.46. The van der Waals surface area contributed by atoms with Crippen LogP contribution in [0.25, 0.3) is 11.0 Å². The van der Waals surface area contributed by atoms with Crippen molar-refractivity contribution >= 4 is 37.0 Å².